The summed E-state index contributed by atoms with van der Waals surface area (Å²) in [5.41, 5.74) is 2.63. The van der Waals surface area contributed by atoms with Crippen LogP contribution in [0.2, 0.25) is 10.0 Å². The van der Waals surface area contributed by atoms with Gasteiger partial charge in [-0.1, -0.05) is 29.3 Å². The Balaban J connectivity index is 1.76. The van der Waals surface area contributed by atoms with Gasteiger partial charge in [0.1, 0.15) is 5.82 Å². The summed E-state index contributed by atoms with van der Waals surface area (Å²) >= 11 is 12.1. The van der Waals surface area contributed by atoms with Crippen LogP contribution in [0.4, 0.5) is 17.5 Å². The highest BCUT2D eigenvalue weighted by Crippen LogP contribution is 2.28. The molecule has 0 aliphatic rings. The van der Waals surface area contributed by atoms with E-state index in [1.54, 1.807) is 24.5 Å². The third-order valence-corrected chi connectivity index (χ3v) is 3.77. The molecule has 0 saturated carbocycles. The minimum atomic E-state index is 0.531. The Labute approximate surface area is 150 Å². The normalized spacial score (nSPS) is 10.5. The predicted molar refractivity (Wildman–Crippen MR) is 98.1 cm³/mol. The van der Waals surface area contributed by atoms with Crippen molar-refractivity contribution >= 4 is 40.7 Å². The van der Waals surface area contributed by atoms with Gasteiger partial charge in [0.15, 0.2) is 0 Å². The summed E-state index contributed by atoms with van der Waals surface area (Å²) in [4.78, 5) is 12.9. The first-order valence-electron chi connectivity index (χ1n) is 7.31. The van der Waals surface area contributed by atoms with Crippen LogP contribution >= 0.6 is 23.2 Å². The van der Waals surface area contributed by atoms with Crippen molar-refractivity contribution in [1.29, 1.82) is 0 Å². The Bertz CT molecular complexity index is 840. The molecule has 0 atom stereocenters. The molecule has 0 spiro atoms. The zero-order chi connectivity index (χ0) is 16.9. The largest absolute Gasteiger partial charge is 0.350 e. The lowest BCUT2D eigenvalue weighted by Gasteiger charge is -2.11. The Morgan fingerprint density at radius 3 is 2.71 bits per heavy atom. The van der Waals surface area contributed by atoms with Gasteiger partial charge in [-0.3, -0.25) is 4.98 Å². The number of benzene rings is 1. The fraction of sp³-hybridized carbons (Fsp3) is 0.118. The van der Waals surface area contributed by atoms with E-state index in [2.05, 4.69) is 25.6 Å². The molecule has 3 aromatic rings. The summed E-state index contributed by atoms with van der Waals surface area (Å²) in [6, 6.07) is 11.0. The first kappa shape index (κ1) is 16.5. The average Bonchev–Trinajstić information content (AvgIpc) is 2.56. The first-order valence-corrected chi connectivity index (χ1v) is 8.06. The predicted octanol–water partition coefficient (Wildman–Crippen LogP) is 4.84. The van der Waals surface area contributed by atoms with Crippen molar-refractivity contribution in [2.75, 3.05) is 10.6 Å². The highest BCUT2D eigenvalue weighted by Gasteiger charge is 2.06. The van der Waals surface area contributed by atoms with Crippen LogP contribution in [0.1, 0.15) is 11.3 Å². The van der Waals surface area contributed by atoms with Gasteiger partial charge >= 0.3 is 0 Å². The summed E-state index contributed by atoms with van der Waals surface area (Å²) in [7, 11) is 0. The van der Waals surface area contributed by atoms with E-state index in [1.165, 1.54) is 0 Å². The highest BCUT2D eigenvalue weighted by atomic mass is 35.5. The van der Waals surface area contributed by atoms with Crippen molar-refractivity contribution < 1.29 is 0 Å². The minimum Gasteiger partial charge on any atom is -0.350 e. The lowest BCUT2D eigenvalue weighted by atomic mass is 10.3. The Morgan fingerprint density at radius 2 is 1.96 bits per heavy atom. The molecular formula is C17H15Cl2N5. The van der Waals surface area contributed by atoms with Gasteiger partial charge in [0.25, 0.3) is 0 Å². The second-order valence-electron chi connectivity index (χ2n) is 5.18. The molecule has 0 fully saturated rings. The van der Waals surface area contributed by atoms with Gasteiger partial charge in [0.05, 0.1) is 10.7 Å². The highest BCUT2D eigenvalue weighted by molar-refractivity contribution is 6.36. The van der Waals surface area contributed by atoms with Gasteiger partial charge in [-0.2, -0.15) is 4.98 Å². The molecular weight excluding hydrogens is 345 g/mol. The van der Waals surface area contributed by atoms with Crippen molar-refractivity contribution in [2.24, 2.45) is 0 Å². The van der Waals surface area contributed by atoms with Crippen LogP contribution in [-0.2, 0) is 6.54 Å². The maximum Gasteiger partial charge on any atom is 0.225 e. The van der Waals surface area contributed by atoms with Gasteiger partial charge in [-0.25, -0.2) is 4.98 Å². The second kappa shape index (κ2) is 7.47. The molecule has 0 amide bonds. The zero-order valence-electron chi connectivity index (χ0n) is 12.9. The molecule has 122 valence electrons. The first-order chi connectivity index (χ1) is 11.6. The molecule has 0 bridgehead atoms. The number of rotatable bonds is 5. The monoisotopic (exact) mass is 359 g/mol. The lowest BCUT2D eigenvalue weighted by molar-refractivity contribution is 1.02. The molecule has 2 aromatic heterocycles. The third-order valence-electron chi connectivity index (χ3n) is 3.22. The number of halogens is 2. The molecule has 1 aromatic carbocycles. The fourth-order valence-electron chi connectivity index (χ4n) is 2.12. The van der Waals surface area contributed by atoms with Crippen LogP contribution in [0.15, 0.2) is 48.8 Å². The second-order valence-corrected chi connectivity index (χ2v) is 6.03. The van der Waals surface area contributed by atoms with Crippen LogP contribution < -0.4 is 10.6 Å². The van der Waals surface area contributed by atoms with Gasteiger partial charge < -0.3 is 10.6 Å². The maximum absolute atomic E-state index is 6.19. The van der Waals surface area contributed by atoms with E-state index in [0.717, 1.165) is 16.9 Å². The average molecular weight is 360 g/mol. The molecule has 0 aliphatic heterocycles. The van der Waals surface area contributed by atoms with E-state index >= 15 is 0 Å². The van der Waals surface area contributed by atoms with Gasteiger partial charge in [0.2, 0.25) is 5.95 Å². The molecule has 0 aliphatic carbocycles. The van der Waals surface area contributed by atoms with Crippen molar-refractivity contribution in [3.05, 3.63) is 70.1 Å². The Morgan fingerprint density at radius 1 is 1.08 bits per heavy atom. The van der Waals surface area contributed by atoms with Crippen LogP contribution in [-0.4, -0.2) is 15.0 Å². The van der Waals surface area contributed by atoms with E-state index in [0.29, 0.717) is 28.4 Å². The molecule has 0 unspecified atom stereocenters. The standard InChI is InChI=1S/C17H15Cl2N5/c1-11-7-16(23-15-5-4-13(18)8-14(15)19)24-17(22-11)21-10-12-3-2-6-20-9-12/h2-9H,10H2,1H3,(H2,21,22,23,24). The molecule has 24 heavy (non-hydrogen) atoms. The van der Waals surface area contributed by atoms with Crippen LogP contribution in [0.3, 0.4) is 0 Å². The van der Waals surface area contributed by atoms with Gasteiger partial charge in [0, 0.05) is 35.7 Å². The summed E-state index contributed by atoms with van der Waals surface area (Å²) in [5.74, 6) is 1.19. The molecule has 3 rings (SSSR count). The molecule has 2 heterocycles. The summed E-state index contributed by atoms with van der Waals surface area (Å²) in [5, 5.41) is 7.50. The maximum atomic E-state index is 6.19. The number of anilines is 3. The number of pyridine rings is 1. The number of aryl methyl sites for hydroxylation is 1. The van der Waals surface area contributed by atoms with Crippen LogP contribution in [0, 0.1) is 6.92 Å². The fourth-order valence-corrected chi connectivity index (χ4v) is 2.58. The van der Waals surface area contributed by atoms with Crippen LogP contribution in [0.25, 0.3) is 0 Å². The van der Waals surface area contributed by atoms with Gasteiger partial charge in [-0.15, -0.1) is 0 Å². The van der Waals surface area contributed by atoms with Crippen molar-refractivity contribution in [3.63, 3.8) is 0 Å². The molecule has 7 heteroatoms. The van der Waals surface area contributed by atoms with E-state index < -0.39 is 0 Å². The molecule has 0 radical (unpaired) electrons. The summed E-state index contributed by atoms with van der Waals surface area (Å²) in [6.45, 7) is 2.50. The molecule has 0 saturated heterocycles. The number of nitrogens with one attached hydrogen (secondary N) is 2. The van der Waals surface area contributed by atoms with Crippen molar-refractivity contribution in [2.45, 2.75) is 13.5 Å². The Kier molecular flexibility index (Phi) is 5.13. The third kappa shape index (κ3) is 4.34. The number of nitrogens with zero attached hydrogens (tertiary/aromatic N) is 3. The zero-order valence-corrected chi connectivity index (χ0v) is 14.4. The van der Waals surface area contributed by atoms with Crippen LogP contribution in [0.5, 0.6) is 0 Å². The smallest absolute Gasteiger partial charge is 0.225 e. The molecule has 2 N–H and O–H groups in total. The van der Waals surface area contributed by atoms with E-state index in [4.69, 9.17) is 23.2 Å². The minimum absolute atomic E-state index is 0.531. The number of aromatic nitrogens is 3. The lowest BCUT2D eigenvalue weighted by Crippen LogP contribution is -2.06. The van der Waals surface area contributed by atoms with Gasteiger partial charge in [-0.05, 0) is 36.8 Å². The summed E-state index contributed by atoms with van der Waals surface area (Å²) < 4.78 is 0. The number of hydrogen-bond donors (Lipinski definition) is 2. The number of hydrogen-bond acceptors (Lipinski definition) is 5. The quantitative estimate of drug-likeness (QED) is 0.682. The van der Waals surface area contributed by atoms with E-state index in [-0.39, 0.29) is 0 Å². The summed E-state index contributed by atoms with van der Waals surface area (Å²) in [6.07, 6.45) is 3.54. The topological polar surface area (TPSA) is 62.7 Å². The SMILES string of the molecule is Cc1cc(Nc2ccc(Cl)cc2Cl)nc(NCc2cccnc2)n1. The Hall–Kier alpha value is -2.37. The van der Waals surface area contributed by atoms with E-state index in [9.17, 15) is 0 Å². The van der Waals surface area contributed by atoms with E-state index in [1.807, 2.05) is 31.2 Å². The molecule has 5 nitrogen and oxygen atoms in total. The van der Waals surface area contributed by atoms with Crippen molar-refractivity contribution in [3.8, 4) is 0 Å². The van der Waals surface area contributed by atoms with Crippen molar-refractivity contribution in [1.82, 2.24) is 15.0 Å².